The van der Waals surface area contributed by atoms with Crippen molar-refractivity contribution < 1.29 is 50.3 Å². The molecule has 228 valence electrons. The molecule has 0 radical (unpaired) electrons. The number of Topliss-reactive ketones (excluding diaryl/α,β-unsaturated/α-hetero) is 1. The molecule has 2 heterocycles. The lowest BCUT2D eigenvalue weighted by molar-refractivity contribution is -0.173. The van der Waals surface area contributed by atoms with Crippen LogP contribution in [0.15, 0.2) is 48.5 Å². The molecule has 1 atom stereocenters. The van der Waals surface area contributed by atoms with Crippen molar-refractivity contribution in [2.45, 2.75) is 45.0 Å². The number of hydrogen-bond acceptors (Lipinski definition) is 5. The van der Waals surface area contributed by atoms with Crippen LogP contribution >= 0.6 is 0 Å². The van der Waals surface area contributed by atoms with Gasteiger partial charge in [-0.05, 0) is 79.4 Å². The summed E-state index contributed by atoms with van der Waals surface area (Å²) in [4.78, 5) is 65.5. The molecule has 3 aromatic carbocycles. The molecule has 0 saturated carbocycles. The van der Waals surface area contributed by atoms with Gasteiger partial charge in [-0.2, -0.15) is 26.3 Å². The summed E-state index contributed by atoms with van der Waals surface area (Å²) in [7, 11) is 1.20. The van der Waals surface area contributed by atoms with Gasteiger partial charge in [0, 0.05) is 12.6 Å². The zero-order chi connectivity index (χ0) is 32.7. The highest BCUT2D eigenvalue weighted by atomic mass is 19.4. The highest BCUT2D eigenvalue weighted by molar-refractivity contribution is 6.35. The Labute approximate surface area is 246 Å². The van der Waals surface area contributed by atoms with Crippen LogP contribution in [0, 0.1) is 13.8 Å². The highest BCUT2D eigenvalue weighted by Crippen LogP contribution is 2.48. The van der Waals surface area contributed by atoms with Gasteiger partial charge in [0.05, 0.1) is 27.9 Å². The largest absolute Gasteiger partial charge is 0.402 e. The predicted molar refractivity (Wildman–Crippen MR) is 144 cm³/mol. The first kappa shape index (κ1) is 30.6. The van der Waals surface area contributed by atoms with Crippen LogP contribution in [0.1, 0.15) is 87.4 Å². The number of amides is 4. The number of nitrogens with zero attached hydrogens (tertiary/aromatic N) is 2. The Balaban J connectivity index is 1.60. The molecule has 5 rings (SSSR count). The van der Waals surface area contributed by atoms with Gasteiger partial charge in [-0.1, -0.05) is 12.1 Å². The summed E-state index contributed by atoms with van der Waals surface area (Å²) in [6.45, 7) is 3.79. The van der Waals surface area contributed by atoms with Crippen molar-refractivity contribution in [3.8, 4) is 0 Å². The van der Waals surface area contributed by atoms with Crippen LogP contribution in [0.25, 0.3) is 0 Å². The van der Waals surface area contributed by atoms with Gasteiger partial charge in [0.1, 0.15) is 11.8 Å². The third-order valence-corrected chi connectivity index (χ3v) is 8.26. The van der Waals surface area contributed by atoms with Crippen molar-refractivity contribution in [3.05, 3.63) is 98.6 Å². The maximum atomic E-state index is 14.8. The molecular weight excluding hydrogens is 594 g/mol. The molecule has 13 heteroatoms. The average molecular weight is 617 g/mol. The first-order chi connectivity index (χ1) is 20.3. The number of hydrogen-bond donors (Lipinski definition) is 0. The number of ketones is 1. The van der Waals surface area contributed by atoms with E-state index in [9.17, 15) is 50.3 Å². The Morgan fingerprint density at radius 3 is 1.70 bits per heavy atom. The summed E-state index contributed by atoms with van der Waals surface area (Å²) < 4.78 is 83.2. The quantitative estimate of drug-likeness (QED) is 0.190. The van der Waals surface area contributed by atoms with Crippen molar-refractivity contribution in [2.24, 2.45) is 0 Å². The molecule has 1 unspecified atom stereocenters. The molecule has 0 aromatic heterocycles. The number of anilines is 1. The van der Waals surface area contributed by atoms with Gasteiger partial charge >= 0.3 is 12.4 Å². The fourth-order valence-corrected chi connectivity index (χ4v) is 5.45. The zero-order valence-electron chi connectivity index (χ0n) is 23.5. The van der Waals surface area contributed by atoms with E-state index in [0.717, 1.165) is 54.3 Å². The number of halogens is 6. The summed E-state index contributed by atoms with van der Waals surface area (Å²) >= 11 is 0. The third kappa shape index (κ3) is 4.57. The summed E-state index contributed by atoms with van der Waals surface area (Å²) in [6.07, 6.45) is -11.6. The van der Waals surface area contributed by atoms with Gasteiger partial charge in [-0.25, -0.2) is 4.90 Å². The SMILES string of the molecule is Cc1cc(C(=O)CC(F)(F)F)cc(N2C(=O)c3ccc(C(C)(c4ccc5c(c4)C(=O)N(C)C5=O)C(F)(F)F)cc3C2=O)c1C. The van der Waals surface area contributed by atoms with Gasteiger partial charge in [-0.3, -0.25) is 28.9 Å². The van der Waals surface area contributed by atoms with Crippen LogP contribution in [0.2, 0.25) is 0 Å². The first-order valence-corrected chi connectivity index (χ1v) is 13.1. The molecule has 2 aliphatic rings. The number of carbonyl (C=O) groups is 5. The van der Waals surface area contributed by atoms with E-state index in [0.29, 0.717) is 16.0 Å². The summed E-state index contributed by atoms with van der Waals surface area (Å²) in [5.74, 6) is -4.69. The first-order valence-electron chi connectivity index (χ1n) is 13.1. The van der Waals surface area contributed by atoms with E-state index in [1.807, 2.05) is 0 Å². The lowest BCUT2D eigenvalue weighted by Gasteiger charge is -2.33. The Bertz CT molecular complexity index is 1830. The van der Waals surface area contributed by atoms with E-state index < -0.39 is 70.3 Å². The summed E-state index contributed by atoms with van der Waals surface area (Å²) in [6, 6.07) is 8.34. The number of fused-ring (bicyclic) bond motifs is 2. The molecule has 2 aliphatic heterocycles. The third-order valence-electron chi connectivity index (χ3n) is 8.26. The summed E-state index contributed by atoms with van der Waals surface area (Å²) in [5, 5.41) is 0. The number of rotatable bonds is 5. The summed E-state index contributed by atoms with van der Waals surface area (Å²) in [5.41, 5.74) is -4.51. The molecule has 4 amide bonds. The number of aryl methyl sites for hydroxylation is 1. The standard InChI is InChI=1S/C31H22F6N2O5/c1-14-9-16(24(40)13-30(32,33)34)10-23(15(14)2)39-27(43)20-8-6-18(12-22(20)28(39)44)29(3,31(35,36)37)17-5-7-19-21(11-17)26(42)38(4)25(19)41/h5-12H,13H2,1-4H3. The van der Waals surface area contributed by atoms with Crippen LogP contribution in [0.4, 0.5) is 32.0 Å². The average Bonchev–Trinajstić information content (AvgIpc) is 3.31. The van der Waals surface area contributed by atoms with Crippen molar-refractivity contribution in [3.63, 3.8) is 0 Å². The highest BCUT2D eigenvalue weighted by Gasteiger charge is 2.55. The molecular formula is C31H22F6N2O5. The van der Waals surface area contributed by atoms with Crippen molar-refractivity contribution in [1.29, 1.82) is 0 Å². The van der Waals surface area contributed by atoms with Crippen LogP contribution in [-0.2, 0) is 5.41 Å². The smallest absolute Gasteiger partial charge is 0.294 e. The van der Waals surface area contributed by atoms with E-state index in [2.05, 4.69) is 0 Å². The topological polar surface area (TPSA) is 91.8 Å². The maximum absolute atomic E-state index is 14.8. The van der Waals surface area contributed by atoms with E-state index in [1.165, 1.54) is 27.0 Å². The lowest BCUT2D eigenvalue weighted by Crippen LogP contribution is -2.41. The van der Waals surface area contributed by atoms with E-state index in [1.54, 1.807) is 0 Å². The fourth-order valence-electron chi connectivity index (χ4n) is 5.45. The number of alkyl halides is 6. The minimum atomic E-state index is -4.99. The van der Waals surface area contributed by atoms with Crippen molar-refractivity contribution in [2.75, 3.05) is 11.9 Å². The molecule has 7 nitrogen and oxygen atoms in total. The molecule has 0 aliphatic carbocycles. The van der Waals surface area contributed by atoms with Gasteiger partial charge in [0.25, 0.3) is 23.6 Å². The fraction of sp³-hybridized carbons (Fsp3) is 0.258. The molecule has 3 aromatic rings. The van der Waals surface area contributed by atoms with Gasteiger partial charge < -0.3 is 0 Å². The molecule has 0 saturated heterocycles. The Hall–Kier alpha value is -4.81. The van der Waals surface area contributed by atoms with E-state index in [4.69, 9.17) is 0 Å². The van der Waals surface area contributed by atoms with E-state index >= 15 is 0 Å². The van der Waals surface area contributed by atoms with Crippen molar-refractivity contribution >= 4 is 35.1 Å². The zero-order valence-corrected chi connectivity index (χ0v) is 23.5. The second-order valence-corrected chi connectivity index (χ2v) is 10.9. The van der Waals surface area contributed by atoms with Gasteiger partial charge in [0.2, 0.25) is 0 Å². The molecule has 0 bridgehead atoms. The van der Waals surface area contributed by atoms with Crippen LogP contribution < -0.4 is 4.90 Å². The van der Waals surface area contributed by atoms with Crippen LogP contribution in [0.5, 0.6) is 0 Å². The van der Waals surface area contributed by atoms with Crippen LogP contribution in [0.3, 0.4) is 0 Å². The van der Waals surface area contributed by atoms with E-state index in [-0.39, 0.29) is 27.9 Å². The molecule has 0 N–H and O–H groups in total. The van der Waals surface area contributed by atoms with Crippen LogP contribution in [-0.4, -0.2) is 53.7 Å². The normalized spacial score (nSPS) is 16.4. The molecule has 44 heavy (non-hydrogen) atoms. The number of carbonyl (C=O) groups excluding carboxylic acids is 5. The minimum Gasteiger partial charge on any atom is -0.294 e. The maximum Gasteiger partial charge on any atom is 0.402 e. The predicted octanol–water partition coefficient (Wildman–Crippen LogP) is 6.33. The molecule has 0 fully saturated rings. The van der Waals surface area contributed by atoms with Crippen molar-refractivity contribution in [1.82, 2.24) is 4.90 Å². The van der Waals surface area contributed by atoms with Gasteiger partial charge in [0.15, 0.2) is 5.78 Å². The Morgan fingerprint density at radius 2 is 1.18 bits per heavy atom. The monoisotopic (exact) mass is 616 g/mol. The minimum absolute atomic E-state index is 0.0576. The Kier molecular flexibility index (Phi) is 6.87. The second kappa shape index (κ2) is 9.86. The number of benzene rings is 3. The lowest BCUT2D eigenvalue weighted by atomic mass is 9.74. The molecule has 0 spiro atoms. The van der Waals surface area contributed by atoms with Gasteiger partial charge in [-0.15, -0.1) is 0 Å². The Morgan fingerprint density at radius 1 is 0.705 bits per heavy atom. The number of imide groups is 2. The second-order valence-electron chi connectivity index (χ2n) is 10.9.